The molecule has 0 saturated carbocycles. The summed E-state index contributed by atoms with van der Waals surface area (Å²) in [4.78, 5) is 26.2. The summed E-state index contributed by atoms with van der Waals surface area (Å²) in [6, 6.07) is 0.0510. The molecule has 2 aliphatic rings. The van der Waals surface area contributed by atoms with Gasteiger partial charge in [-0.2, -0.15) is 0 Å². The van der Waals surface area contributed by atoms with E-state index in [-0.39, 0.29) is 18.2 Å². The van der Waals surface area contributed by atoms with Gasteiger partial charge in [-0.3, -0.25) is 9.69 Å². The van der Waals surface area contributed by atoms with E-state index in [2.05, 4.69) is 0 Å². The first-order valence-electron chi connectivity index (χ1n) is 5.80. The van der Waals surface area contributed by atoms with E-state index in [9.17, 15) is 9.59 Å². The third kappa shape index (κ3) is 2.28. The van der Waals surface area contributed by atoms with Gasteiger partial charge in [0.2, 0.25) is 6.41 Å². The Kier molecular flexibility index (Phi) is 2.85. The van der Waals surface area contributed by atoms with Crippen molar-refractivity contribution in [1.82, 2.24) is 9.80 Å². The standard InChI is InChI=1S/C12H18N2O3/c1-12(2,3)17-11(16)14-7-13(8-15)9-5-4-6-10(9)14/h4-5,8-10H,6-7H2,1-3H3. The number of rotatable bonds is 1. The molecule has 0 radical (unpaired) electrons. The quantitative estimate of drug-likeness (QED) is 0.512. The molecule has 1 aliphatic carbocycles. The van der Waals surface area contributed by atoms with Crippen LogP contribution in [0.4, 0.5) is 4.79 Å². The van der Waals surface area contributed by atoms with Gasteiger partial charge in [0.15, 0.2) is 0 Å². The zero-order chi connectivity index (χ0) is 12.6. The van der Waals surface area contributed by atoms with Crippen molar-refractivity contribution in [1.29, 1.82) is 0 Å². The molecule has 0 spiro atoms. The van der Waals surface area contributed by atoms with E-state index >= 15 is 0 Å². The van der Waals surface area contributed by atoms with Crippen LogP contribution in [-0.4, -0.2) is 46.7 Å². The van der Waals surface area contributed by atoms with E-state index in [1.165, 1.54) is 0 Å². The van der Waals surface area contributed by atoms with Gasteiger partial charge in [0.1, 0.15) is 5.60 Å². The predicted octanol–water partition coefficient (Wildman–Crippen LogP) is 1.35. The molecule has 0 aromatic heterocycles. The molecule has 0 aromatic carbocycles. The van der Waals surface area contributed by atoms with Gasteiger partial charge in [0.25, 0.3) is 0 Å². The van der Waals surface area contributed by atoms with Crippen molar-refractivity contribution < 1.29 is 14.3 Å². The van der Waals surface area contributed by atoms with Gasteiger partial charge >= 0.3 is 6.09 Å². The number of hydrogen-bond donors (Lipinski definition) is 0. The highest BCUT2D eigenvalue weighted by molar-refractivity contribution is 5.70. The first kappa shape index (κ1) is 12.0. The number of ether oxygens (including phenoxy) is 1. The van der Waals surface area contributed by atoms with Gasteiger partial charge in [-0.1, -0.05) is 12.2 Å². The first-order chi connectivity index (χ1) is 7.92. The Labute approximate surface area is 101 Å². The van der Waals surface area contributed by atoms with Crippen LogP contribution in [0.3, 0.4) is 0 Å². The predicted molar refractivity (Wildman–Crippen MR) is 62.2 cm³/mol. The largest absolute Gasteiger partial charge is 0.444 e. The van der Waals surface area contributed by atoms with Gasteiger partial charge in [-0.25, -0.2) is 4.79 Å². The van der Waals surface area contributed by atoms with Crippen LogP contribution in [0.15, 0.2) is 12.2 Å². The van der Waals surface area contributed by atoms with Crippen molar-refractivity contribution in [3.05, 3.63) is 12.2 Å². The van der Waals surface area contributed by atoms with Crippen molar-refractivity contribution in [3.8, 4) is 0 Å². The molecule has 0 aromatic rings. The molecule has 1 aliphatic heterocycles. The Hall–Kier alpha value is -1.52. The highest BCUT2D eigenvalue weighted by Gasteiger charge is 2.43. The fraction of sp³-hybridized carbons (Fsp3) is 0.667. The van der Waals surface area contributed by atoms with Gasteiger partial charge in [-0.05, 0) is 27.2 Å². The van der Waals surface area contributed by atoms with Crippen molar-refractivity contribution in [2.75, 3.05) is 6.67 Å². The van der Waals surface area contributed by atoms with Crippen LogP contribution in [0.25, 0.3) is 0 Å². The Balaban J connectivity index is 2.08. The molecule has 0 bridgehead atoms. The summed E-state index contributed by atoms with van der Waals surface area (Å²) in [7, 11) is 0. The van der Waals surface area contributed by atoms with Crippen molar-refractivity contribution in [2.45, 2.75) is 44.9 Å². The van der Waals surface area contributed by atoms with Gasteiger partial charge in [0.05, 0.1) is 18.8 Å². The number of fused-ring (bicyclic) bond motifs is 1. The fourth-order valence-electron chi connectivity index (χ4n) is 2.26. The number of carbonyl (C=O) groups excluding carboxylic acids is 2. The molecule has 1 heterocycles. The lowest BCUT2D eigenvalue weighted by atomic mass is 10.1. The minimum atomic E-state index is -0.507. The van der Waals surface area contributed by atoms with E-state index in [4.69, 9.17) is 4.74 Å². The Morgan fingerprint density at radius 2 is 2.18 bits per heavy atom. The van der Waals surface area contributed by atoms with Gasteiger partial charge < -0.3 is 9.64 Å². The second-order valence-corrected chi connectivity index (χ2v) is 5.43. The topological polar surface area (TPSA) is 49.9 Å². The molecule has 2 unspecified atom stereocenters. The smallest absolute Gasteiger partial charge is 0.412 e. The summed E-state index contributed by atoms with van der Waals surface area (Å²) in [6.07, 6.45) is 5.21. The molecule has 1 saturated heterocycles. The second-order valence-electron chi connectivity index (χ2n) is 5.43. The van der Waals surface area contributed by atoms with E-state index in [0.29, 0.717) is 6.67 Å². The fourth-order valence-corrected chi connectivity index (χ4v) is 2.26. The lowest BCUT2D eigenvalue weighted by Crippen LogP contribution is -2.41. The Morgan fingerprint density at radius 3 is 2.76 bits per heavy atom. The van der Waals surface area contributed by atoms with Crippen LogP contribution >= 0.6 is 0 Å². The summed E-state index contributed by atoms with van der Waals surface area (Å²) in [5.41, 5.74) is -0.507. The van der Waals surface area contributed by atoms with E-state index in [1.54, 1.807) is 9.80 Å². The molecule has 2 rings (SSSR count). The summed E-state index contributed by atoms with van der Waals surface area (Å²) in [6.45, 7) is 5.83. The minimum Gasteiger partial charge on any atom is -0.444 e. The monoisotopic (exact) mass is 238 g/mol. The van der Waals surface area contributed by atoms with Gasteiger partial charge in [0, 0.05) is 0 Å². The normalized spacial score (nSPS) is 27.2. The average Bonchev–Trinajstić information content (AvgIpc) is 2.73. The van der Waals surface area contributed by atoms with Crippen LogP contribution < -0.4 is 0 Å². The highest BCUT2D eigenvalue weighted by atomic mass is 16.6. The number of hydrogen-bond acceptors (Lipinski definition) is 3. The molecular weight excluding hydrogens is 220 g/mol. The maximum atomic E-state index is 12.0. The molecule has 1 fully saturated rings. The van der Waals surface area contributed by atoms with Crippen molar-refractivity contribution in [3.63, 3.8) is 0 Å². The zero-order valence-corrected chi connectivity index (χ0v) is 10.4. The van der Waals surface area contributed by atoms with Crippen LogP contribution in [0, 0.1) is 0 Å². The van der Waals surface area contributed by atoms with E-state index < -0.39 is 5.60 Å². The number of amides is 2. The molecule has 94 valence electrons. The zero-order valence-electron chi connectivity index (χ0n) is 10.4. The van der Waals surface area contributed by atoms with E-state index in [0.717, 1.165) is 12.8 Å². The van der Waals surface area contributed by atoms with E-state index in [1.807, 2.05) is 32.9 Å². The third-order valence-electron chi connectivity index (χ3n) is 2.97. The summed E-state index contributed by atoms with van der Waals surface area (Å²) in [5.74, 6) is 0. The van der Waals surface area contributed by atoms with Crippen molar-refractivity contribution >= 4 is 12.5 Å². The summed E-state index contributed by atoms with van der Waals surface area (Å²) in [5, 5.41) is 0. The molecular formula is C12H18N2O3. The Morgan fingerprint density at radius 1 is 1.47 bits per heavy atom. The molecule has 2 amide bonds. The molecule has 2 atom stereocenters. The van der Waals surface area contributed by atoms with Crippen LogP contribution in [0.2, 0.25) is 0 Å². The summed E-state index contributed by atoms with van der Waals surface area (Å²) < 4.78 is 5.34. The lowest BCUT2D eigenvalue weighted by Gasteiger charge is -2.27. The number of nitrogens with zero attached hydrogens (tertiary/aromatic N) is 2. The lowest BCUT2D eigenvalue weighted by molar-refractivity contribution is -0.118. The van der Waals surface area contributed by atoms with Crippen LogP contribution in [0.5, 0.6) is 0 Å². The second kappa shape index (κ2) is 4.05. The third-order valence-corrected chi connectivity index (χ3v) is 2.97. The highest BCUT2D eigenvalue weighted by Crippen LogP contribution is 2.29. The minimum absolute atomic E-state index is 0.0139. The Bertz CT molecular complexity index is 359. The maximum Gasteiger partial charge on any atom is 0.412 e. The molecule has 5 heteroatoms. The SMILES string of the molecule is CC(C)(C)OC(=O)N1CN(C=O)C2C=CCC21. The molecule has 0 N–H and O–H groups in total. The summed E-state index contributed by atoms with van der Waals surface area (Å²) >= 11 is 0. The molecule has 17 heavy (non-hydrogen) atoms. The number of carbonyl (C=O) groups is 2. The first-order valence-corrected chi connectivity index (χ1v) is 5.80. The van der Waals surface area contributed by atoms with Crippen LogP contribution in [0.1, 0.15) is 27.2 Å². The van der Waals surface area contributed by atoms with Crippen LogP contribution in [-0.2, 0) is 9.53 Å². The van der Waals surface area contributed by atoms with Crippen molar-refractivity contribution in [2.24, 2.45) is 0 Å². The maximum absolute atomic E-state index is 12.0. The van der Waals surface area contributed by atoms with Gasteiger partial charge in [-0.15, -0.1) is 0 Å². The molecule has 5 nitrogen and oxygen atoms in total. The average molecular weight is 238 g/mol.